The van der Waals surface area contributed by atoms with Gasteiger partial charge in [0, 0.05) is 10.9 Å². The minimum absolute atomic E-state index is 0.115. The summed E-state index contributed by atoms with van der Waals surface area (Å²) in [5.74, 6) is -7.64. The average Bonchev–Trinajstić information content (AvgIpc) is 3.40. The normalized spacial score (nSPS) is 19.5. The molecule has 3 aromatic carbocycles. The summed E-state index contributed by atoms with van der Waals surface area (Å²) in [5, 5.41) is 3.76. The Bertz CT molecular complexity index is 1520. The van der Waals surface area contributed by atoms with Gasteiger partial charge in [0.25, 0.3) is 11.8 Å². The van der Waals surface area contributed by atoms with E-state index in [0.29, 0.717) is 16.7 Å². The quantitative estimate of drug-likeness (QED) is 0.209. The van der Waals surface area contributed by atoms with Crippen LogP contribution in [0.1, 0.15) is 27.4 Å². The number of hydrogen-bond donors (Lipinski definition) is 3. The summed E-state index contributed by atoms with van der Waals surface area (Å²) in [5.41, 5.74) is 2.52. The van der Waals surface area contributed by atoms with Gasteiger partial charge in [0.2, 0.25) is 5.91 Å². The van der Waals surface area contributed by atoms with Crippen LogP contribution in [0.25, 0.3) is 0 Å². The zero-order chi connectivity index (χ0) is 28.9. The minimum Gasteiger partial charge on any atom is -0.369 e. The molecule has 3 amide bonds. The van der Waals surface area contributed by atoms with Crippen LogP contribution in [0.3, 0.4) is 0 Å². The molecule has 4 N–H and O–H groups in total. The molecule has 1 saturated carbocycles. The van der Waals surface area contributed by atoms with Crippen LogP contribution in [0.15, 0.2) is 54.6 Å². The molecule has 6 nitrogen and oxygen atoms in total. The number of anilines is 2. The molecule has 4 rings (SSSR count). The molecule has 2 atom stereocenters. The second-order valence-corrected chi connectivity index (χ2v) is 10.7. The van der Waals surface area contributed by atoms with Gasteiger partial charge in [-0.2, -0.15) is 8.78 Å². The third-order valence-electron chi connectivity index (χ3n) is 6.26. The fourth-order valence-corrected chi connectivity index (χ4v) is 5.93. The Morgan fingerprint density at radius 2 is 1.64 bits per heavy atom. The predicted molar refractivity (Wildman–Crippen MR) is 140 cm³/mol. The molecule has 204 valence electrons. The molecule has 0 heterocycles. The first-order chi connectivity index (χ1) is 18.2. The summed E-state index contributed by atoms with van der Waals surface area (Å²) in [6.07, 6.45) is -3.55. The van der Waals surface area contributed by atoms with Crippen molar-refractivity contribution < 1.29 is 31.9 Å². The van der Waals surface area contributed by atoms with Crippen LogP contribution in [0.2, 0.25) is 10.0 Å². The van der Waals surface area contributed by atoms with Crippen molar-refractivity contribution in [2.45, 2.75) is 22.1 Å². The smallest absolute Gasteiger partial charge is 0.315 e. The van der Waals surface area contributed by atoms with Crippen molar-refractivity contribution in [1.82, 2.24) is 0 Å². The monoisotopic (exact) mass is 621 g/mol. The zero-order valence-electron chi connectivity index (χ0n) is 19.2. The Morgan fingerprint density at radius 1 is 0.949 bits per heavy atom. The van der Waals surface area contributed by atoms with E-state index in [2.05, 4.69) is 5.32 Å². The lowest BCUT2D eigenvalue weighted by atomic mass is 9.88. The molecule has 0 spiro atoms. The maximum absolute atomic E-state index is 14.8. The number of nitrogens with one attached hydrogen (secondary N) is 2. The number of carbonyl (C=O) groups is 3. The zero-order valence-corrected chi connectivity index (χ0v) is 22.2. The molecule has 0 aromatic heterocycles. The minimum atomic E-state index is -3.55. The Kier molecular flexibility index (Phi) is 7.79. The van der Waals surface area contributed by atoms with Gasteiger partial charge in [-0.25, -0.2) is 8.78 Å². The molecule has 0 saturated heterocycles. The molecule has 0 radical (unpaired) electrons. The van der Waals surface area contributed by atoms with Gasteiger partial charge < -0.3 is 16.4 Å². The van der Waals surface area contributed by atoms with Gasteiger partial charge in [-0.05, 0) is 47.5 Å². The summed E-state index contributed by atoms with van der Waals surface area (Å²) >= 11 is 25.4. The predicted octanol–water partition coefficient (Wildman–Crippen LogP) is 6.42. The van der Waals surface area contributed by atoms with E-state index in [-0.39, 0.29) is 16.1 Å². The second kappa shape index (κ2) is 10.5. The van der Waals surface area contributed by atoms with Crippen molar-refractivity contribution in [2.24, 2.45) is 5.73 Å². The standard InChI is InChI=1S/C25H15Cl4F4N3O3/c26-12-3-1-2-10(8-12)19-24(23(34)39,25(19,28)29)11-4-5-14(27)13(9-11)21(37)35-16-7-6-15(30)18(17(16)31)36-22(38)20(32)33/h1-9,19-20H,(H2,34,39)(H,35,37)(H,36,38). The molecule has 3 aromatic rings. The fraction of sp³-hybridized carbons (Fsp3) is 0.160. The Balaban J connectivity index is 1.72. The van der Waals surface area contributed by atoms with Crippen molar-refractivity contribution >= 4 is 75.5 Å². The van der Waals surface area contributed by atoms with E-state index in [4.69, 9.17) is 52.1 Å². The van der Waals surface area contributed by atoms with Gasteiger partial charge in [0.15, 0.2) is 5.82 Å². The van der Waals surface area contributed by atoms with Gasteiger partial charge in [0.05, 0.1) is 16.3 Å². The van der Waals surface area contributed by atoms with Crippen molar-refractivity contribution in [2.75, 3.05) is 10.6 Å². The summed E-state index contributed by atoms with van der Waals surface area (Å²) < 4.78 is 52.2. The third kappa shape index (κ3) is 4.91. The number of rotatable bonds is 7. The summed E-state index contributed by atoms with van der Waals surface area (Å²) in [4.78, 5) is 37.1. The number of primary amides is 1. The number of amides is 3. The first-order valence-corrected chi connectivity index (χ1v) is 12.4. The maximum atomic E-state index is 14.8. The van der Waals surface area contributed by atoms with Crippen LogP contribution in [-0.4, -0.2) is 28.5 Å². The van der Waals surface area contributed by atoms with E-state index in [1.165, 1.54) is 23.5 Å². The van der Waals surface area contributed by atoms with Gasteiger partial charge in [-0.1, -0.05) is 64.6 Å². The molecule has 1 aliphatic rings. The molecule has 39 heavy (non-hydrogen) atoms. The van der Waals surface area contributed by atoms with E-state index in [1.807, 2.05) is 0 Å². The summed E-state index contributed by atoms with van der Waals surface area (Å²) in [6, 6.07) is 11.7. The Morgan fingerprint density at radius 3 is 2.26 bits per heavy atom. The number of nitrogens with two attached hydrogens (primary N) is 1. The van der Waals surface area contributed by atoms with Crippen molar-refractivity contribution in [1.29, 1.82) is 0 Å². The first-order valence-electron chi connectivity index (χ1n) is 10.8. The highest BCUT2D eigenvalue weighted by Gasteiger charge is 2.80. The van der Waals surface area contributed by atoms with Gasteiger partial charge in [0.1, 0.15) is 21.3 Å². The van der Waals surface area contributed by atoms with E-state index < -0.39 is 62.8 Å². The summed E-state index contributed by atoms with van der Waals surface area (Å²) in [6.45, 7) is 0. The van der Waals surface area contributed by atoms with Crippen molar-refractivity contribution in [3.05, 3.63) is 93.0 Å². The lowest BCUT2D eigenvalue weighted by Gasteiger charge is -2.18. The van der Waals surface area contributed by atoms with E-state index in [0.717, 1.165) is 6.07 Å². The molecular weight excluding hydrogens is 608 g/mol. The number of halogens is 8. The molecule has 0 aliphatic heterocycles. The number of benzene rings is 3. The highest BCUT2D eigenvalue weighted by molar-refractivity contribution is 6.55. The largest absolute Gasteiger partial charge is 0.369 e. The highest BCUT2D eigenvalue weighted by Crippen LogP contribution is 2.74. The van der Waals surface area contributed by atoms with Crippen molar-refractivity contribution in [3.63, 3.8) is 0 Å². The van der Waals surface area contributed by atoms with Crippen LogP contribution < -0.4 is 16.4 Å². The maximum Gasteiger partial charge on any atom is 0.315 e. The lowest BCUT2D eigenvalue weighted by molar-refractivity contribution is -0.126. The average molecular weight is 623 g/mol. The third-order valence-corrected chi connectivity index (χ3v) is 7.86. The van der Waals surface area contributed by atoms with Crippen LogP contribution >= 0.6 is 46.4 Å². The topological polar surface area (TPSA) is 101 Å². The van der Waals surface area contributed by atoms with Gasteiger partial charge in [-0.3, -0.25) is 14.4 Å². The van der Waals surface area contributed by atoms with E-state index in [9.17, 15) is 31.9 Å². The van der Waals surface area contributed by atoms with E-state index >= 15 is 0 Å². The Labute approximate surface area is 238 Å². The fourth-order valence-electron chi connectivity index (χ4n) is 4.43. The molecule has 1 aliphatic carbocycles. The van der Waals surface area contributed by atoms with Gasteiger partial charge >= 0.3 is 6.43 Å². The van der Waals surface area contributed by atoms with E-state index in [1.54, 1.807) is 24.3 Å². The second-order valence-electron chi connectivity index (χ2n) is 8.51. The van der Waals surface area contributed by atoms with Crippen LogP contribution in [0.4, 0.5) is 28.9 Å². The molecular formula is C25H15Cl4F4N3O3. The van der Waals surface area contributed by atoms with Crippen LogP contribution in [0.5, 0.6) is 0 Å². The lowest BCUT2D eigenvalue weighted by Crippen LogP contribution is -2.34. The number of carbonyl (C=O) groups excluding carboxylic acids is 3. The Hall–Kier alpha value is -3.05. The van der Waals surface area contributed by atoms with Gasteiger partial charge in [-0.15, -0.1) is 0 Å². The number of alkyl halides is 4. The molecule has 2 unspecified atom stereocenters. The molecule has 0 bridgehead atoms. The molecule has 1 fully saturated rings. The highest BCUT2D eigenvalue weighted by atomic mass is 35.5. The van der Waals surface area contributed by atoms with Crippen LogP contribution in [0, 0.1) is 11.6 Å². The SMILES string of the molecule is NC(=O)C1(c2ccc(Cl)c(C(=O)Nc3ccc(F)c(NC(=O)C(F)F)c3F)c2)C(c2cccc(Cl)c2)C1(Cl)Cl. The van der Waals surface area contributed by atoms with Crippen molar-refractivity contribution in [3.8, 4) is 0 Å². The van der Waals surface area contributed by atoms with Crippen LogP contribution in [-0.2, 0) is 15.0 Å². The summed E-state index contributed by atoms with van der Waals surface area (Å²) in [7, 11) is 0. The number of hydrogen-bond acceptors (Lipinski definition) is 3. The first kappa shape index (κ1) is 28.9. The molecule has 14 heteroatoms.